The number of sulfone groups is 1. The first-order chi connectivity index (χ1) is 15.1. The van der Waals surface area contributed by atoms with E-state index in [-0.39, 0.29) is 12.8 Å². The van der Waals surface area contributed by atoms with Gasteiger partial charge in [-0.2, -0.15) is 13.2 Å². The Morgan fingerprint density at radius 3 is 2.25 bits per heavy atom. The second-order valence-corrected chi connectivity index (χ2v) is 11.0. The molecule has 0 unspecified atom stereocenters. The Morgan fingerprint density at radius 2 is 1.62 bits per heavy atom. The number of nitrogens with zero attached hydrogens (tertiary/aromatic N) is 2. The molecule has 4 rings (SSSR count). The number of halogens is 3. The van der Waals surface area contributed by atoms with E-state index in [9.17, 15) is 21.6 Å². The second kappa shape index (κ2) is 8.51. The molecule has 0 atom stereocenters. The molecule has 0 spiro atoms. The molecule has 170 valence electrons. The van der Waals surface area contributed by atoms with Crippen molar-refractivity contribution in [3.63, 3.8) is 0 Å². The van der Waals surface area contributed by atoms with E-state index in [1.165, 1.54) is 23.5 Å². The van der Waals surface area contributed by atoms with Gasteiger partial charge in [-0.3, -0.25) is 0 Å². The maximum atomic E-state index is 13.3. The van der Waals surface area contributed by atoms with Gasteiger partial charge in [-0.1, -0.05) is 30.3 Å². The fourth-order valence-corrected chi connectivity index (χ4v) is 7.05. The van der Waals surface area contributed by atoms with Crippen LogP contribution in [-0.2, 0) is 16.0 Å². The monoisotopic (exact) mass is 480 g/mol. The lowest BCUT2D eigenvalue weighted by molar-refractivity contribution is -0.139. The number of aryl methyl sites for hydroxylation is 2. The first-order valence-corrected chi connectivity index (χ1v) is 12.7. The maximum absolute atomic E-state index is 13.3. The van der Waals surface area contributed by atoms with Crippen molar-refractivity contribution in [1.29, 1.82) is 0 Å². The molecule has 32 heavy (non-hydrogen) atoms. The minimum atomic E-state index is -4.71. The van der Waals surface area contributed by atoms with Crippen molar-refractivity contribution in [2.75, 3.05) is 18.0 Å². The lowest BCUT2D eigenvalue weighted by Crippen LogP contribution is -2.39. The average Bonchev–Trinajstić information content (AvgIpc) is 3.23. The van der Waals surface area contributed by atoms with Crippen LogP contribution in [0, 0.1) is 13.8 Å². The summed E-state index contributed by atoms with van der Waals surface area (Å²) in [5.41, 5.74) is 3.15. The highest BCUT2D eigenvalue weighted by Gasteiger charge is 2.40. The van der Waals surface area contributed by atoms with E-state index in [1.807, 2.05) is 42.3 Å². The fourth-order valence-electron chi connectivity index (χ4n) is 4.23. The van der Waals surface area contributed by atoms with Gasteiger partial charge in [0.05, 0.1) is 21.4 Å². The van der Waals surface area contributed by atoms with Gasteiger partial charge in [-0.15, -0.1) is 11.3 Å². The highest BCUT2D eigenvalue weighted by Crippen LogP contribution is 2.38. The number of hydrogen-bond acceptors (Lipinski definition) is 5. The second-order valence-electron chi connectivity index (χ2n) is 8.01. The molecule has 3 aromatic rings. The molecule has 0 aliphatic carbocycles. The smallest absolute Gasteiger partial charge is 0.348 e. The molecule has 1 saturated heterocycles. The van der Waals surface area contributed by atoms with E-state index in [4.69, 9.17) is 4.98 Å². The molecular weight excluding hydrogens is 457 g/mol. The van der Waals surface area contributed by atoms with Crippen LogP contribution in [0.4, 0.5) is 18.3 Å². The summed E-state index contributed by atoms with van der Waals surface area (Å²) < 4.78 is 66.1. The third kappa shape index (κ3) is 4.28. The molecule has 1 aromatic heterocycles. The van der Waals surface area contributed by atoms with Crippen LogP contribution in [0.3, 0.4) is 0 Å². The average molecular weight is 481 g/mol. The van der Waals surface area contributed by atoms with Gasteiger partial charge in [0.25, 0.3) is 0 Å². The predicted molar refractivity (Wildman–Crippen MR) is 121 cm³/mol. The Hall–Kier alpha value is -2.39. The highest BCUT2D eigenvalue weighted by molar-refractivity contribution is 7.92. The minimum Gasteiger partial charge on any atom is -0.348 e. The van der Waals surface area contributed by atoms with Crippen molar-refractivity contribution in [2.24, 2.45) is 0 Å². The quantitative estimate of drug-likeness (QED) is 0.467. The molecule has 1 aliphatic rings. The molecule has 0 radical (unpaired) electrons. The third-order valence-corrected chi connectivity index (χ3v) is 9.10. The lowest BCUT2D eigenvalue weighted by atomic mass is 10.0. The number of anilines is 1. The number of aromatic nitrogens is 1. The van der Waals surface area contributed by atoms with E-state index in [1.54, 1.807) is 0 Å². The summed E-state index contributed by atoms with van der Waals surface area (Å²) in [5, 5.41) is 1.95. The zero-order valence-corrected chi connectivity index (χ0v) is 19.3. The fraction of sp³-hybridized carbons (Fsp3) is 0.348. The Bertz CT molecular complexity index is 1210. The summed E-state index contributed by atoms with van der Waals surface area (Å²) in [6.07, 6.45) is -4.20. The number of alkyl halides is 3. The van der Waals surface area contributed by atoms with Crippen molar-refractivity contribution < 1.29 is 21.6 Å². The number of hydrogen-bond donors (Lipinski definition) is 0. The Morgan fingerprint density at radius 1 is 1.00 bits per heavy atom. The SMILES string of the molecule is Cc1cccc(C)c1-c1csc(N2CCC(S(=O)(=O)c3ccccc3C(F)(F)F)CC2)n1. The summed E-state index contributed by atoms with van der Waals surface area (Å²) in [6.45, 7) is 4.93. The molecule has 0 saturated carbocycles. The van der Waals surface area contributed by atoms with E-state index in [0.717, 1.165) is 39.6 Å². The number of benzene rings is 2. The molecule has 1 fully saturated rings. The standard InChI is InChI=1S/C23H23F3N2O2S2/c1-15-6-5-7-16(2)21(15)19-14-31-22(27-19)28-12-10-17(11-13-28)32(29,30)20-9-4-3-8-18(20)23(24,25)26/h3-9,14,17H,10-13H2,1-2H3. The molecule has 4 nitrogen and oxygen atoms in total. The van der Waals surface area contributed by atoms with Gasteiger partial charge in [0, 0.05) is 24.0 Å². The van der Waals surface area contributed by atoms with Crippen LogP contribution in [0.2, 0.25) is 0 Å². The molecule has 2 aromatic carbocycles. The first kappa shape index (κ1) is 22.8. The predicted octanol–water partition coefficient (Wildman–Crippen LogP) is 5.89. The van der Waals surface area contributed by atoms with Crippen molar-refractivity contribution in [3.8, 4) is 11.3 Å². The van der Waals surface area contributed by atoms with Crippen LogP contribution in [0.15, 0.2) is 52.7 Å². The van der Waals surface area contributed by atoms with Crippen molar-refractivity contribution in [1.82, 2.24) is 4.98 Å². The zero-order chi connectivity index (χ0) is 23.1. The Kier molecular flexibility index (Phi) is 6.06. The van der Waals surface area contributed by atoms with Crippen LogP contribution in [-0.4, -0.2) is 31.7 Å². The van der Waals surface area contributed by atoms with E-state index in [2.05, 4.69) is 0 Å². The van der Waals surface area contributed by atoms with Gasteiger partial charge in [-0.05, 0) is 49.9 Å². The van der Waals surface area contributed by atoms with Crippen molar-refractivity contribution in [2.45, 2.75) is 43.0 Å². The summed E-state index contributed by atoms with van der Waals surface area (Å²) in [4.78, 5) is 6.15. The molecule has 0 bridgehead atoms. The Balaban J connectivity index is 1.52. The lowest BCUT2D eigenvalue weighted by Gasteiger charge is -2.31. The van der Waals surface area contributed by atoms with Crippen LogP contribution < -0.4 is 4.90 Å². The summed E-state index contributed by atoms with van der Waals surface area (Å²) in [7, 11) is -4.09. The number of rotatable bonds is 4. The summed E-state index contributed by atoms with van der Waals surface area (Å²) >= 11 is 1.50. The van der Waals surface area contributed by atoms with Gasteiger partial charge >= 0.3 is 6.18 Å². The normalized spacial score (nSPS) is 15.8. The van der Waals surface area contributed by atoms with Crippen molar-refractivity contribution in [3.05, 3.63) is 64.5 Å². The zero-order valence-electron chi connectivity index (χ0n) is 17.7. The topological polar surface area (TPSA) is 50.3 Å². The van der Waals surface area contributed by atoms with Crippen LogP contribution in [0.1, 0.15) is 29.5 Å². The molecule has 1 aliphatic heterocycles. The first-order valence-electron chi connectivity index (χ1n) is 10.3. The summed E-state index contributed by atoms with van der Waals surface area (Å²) in [5.74, 6) is 0. The van der Waals surface area contributed by atoms with E-state index in [0.29, 0.717) is 13.1 Å². The third-order valence-electron chi connectivity index (χ3n) is 5.88. The van der Waals surface area contributed by atoms with Gasteiger partial charge < -0.3 is 4.90 Å². The van der Waals surface area contributed by atoms with Gasteiger partial charge in [0.2, 0.25) is 0 Å². The molecular formula is C23H23F3N2O2S2. The Labute approximate surface area is 189 Å². The van der Waals surface area contributed by atoms with E-state index >= 15 is 0 Å². The molecule has 2 heterocycles. The summed E-state index contributed by atoms with van der Waals surface area (Å²) in [6, 6.07) is 10.5. The van der Waals surface area contributed by atoms with Crippen LogP contribution >= 0.6 is 11.3 Å². The van der Waals surface area contributed by atoms with Gasteiger partial charge in [0.1, 0.15) is 0 Å². The van der Waals surface area contributed by atoms with Crippen LogP contribution in [0.5, 0.6) is 0 Å². The molecule has 9 heteroatoms. The largest absolute Gasteiger partial charge is 0.417 e. The minimum absolute atomic E-state index is 0.257. The molecule has 0 amide bonds. The number of thiazole rings is 1. The highest BCUT2D eigenvalue weighted by atomic mass is 32.2. The van der Waals surface area contributed by atoms with Crippen LogP contribution in [0.25, 0.3) is 11.3 Å². The van der Waals surface area contributed by atoms with Crippen molar-refractivity contribution >= 4 is 26.3 Å². The van der Waals surface area contributed by atoms with Gasteiger partial charge in [-0.25, -0.2) is 13.4 Å². The van der Waals surface area contributed by atoms with Gasteiger partial charge in [0.15, 0.2) is 15.0 Å². The maximum Gasteiger partial charge on any atom is 0.417 e. The number of piperidine rings is 1. The van der Waals surface area contributed by atoms with E-state index < -0.39 is 31.7 Å². The molecule has 0 N–H and O–H groups in total.